The highest BCUT2D eigenvalue weighted by Gasteiger charge is 2.05. The van der Waals surface area contributed by atoms with E-state index in [1.54, 1.807) is 6.07 Å². The second-order valence-corrected chi connectivity index (χ2v) is 5.23. The van der Waals surface area contributed by atoms with Gasteiger partial charge in [0.1, 0.15) is 0 Å². The molecule has 0 atom stereocenters. The quantitative estimate of drug-likeness (QED) is 0.612. The SMILES string of the molecule is CC(C)CNC(=O)CCNC(=O)Nc1cccc(CN)c1. The van der Waals surface area contributed by atoms with E-state index >= 15 is 0 Å². The van der Waals surface area contributed by atoms with Crippen LogP contribution in [0, 0.1) is 5.92 Å². The van der Waals surface area contributed by atoms with Gasteiger partial charge in [-0.25, -0.2) is 4.79 Å². The number of amides is 3. The van der Waals surface area contributed by atoms with Gasteiger partial charge in [-0.05, 0) is 23.6 Å². The van der Waals surface area contributed by atoms with E-state index in [-0.39, 0.29) is 18.4 Å². The Balaban J connectivity index is 2.26. The molecule has 0 saturated heterocycles. The molecule has 1 aromatic carbocycles. The van der Waals surface area contributed by atoms with E-state index in [4.69, 9.17) is 5.73 Å². The molecule has 116 valence electrons. The number of anilines is 1. The van der Waals surface area contributed by atoms with Crippen LogP contribution in [0.5, 0.6) is 0 Å². The lowest BCUT2D eigenvalue weighted by molar-refractivity contribution is -0.121. The third-order valence-corrected chi connectivity index (χ3v) is 2.77. The number of carbonyl (C=O) groups is 2. The summed E-state index contributed by atoms with van der Waals surface area (Å²) in [6.45, 7) is 5.43. The van der Waals surface area contributed by atoms with Crippen LogP contribution in [0.3, 0.4) is 0 Å². The van der Waals surface area contributed by atoms with Crippen LogP contribution in [0.2, 0.25) is 0 Å². The van der Waals surface area contributed by atoms with Crippen molar-refractivity contribution in [1.29, 1.82) is 0 Å². The Hall–Kier alpha value is -2.08. The van der Waals surface area contributed by atoms with Crippen molar-refractivity contribution in [2.24, 2.45) is 11.7 Å². The number of nitrogens with two attached hydrogens (primary N) is 1. The van der Waals surface area contributed by atoms with Gasteiger partial charge >= 0.3 is 6.03 Å². The van der Waals surface area contributed by atoms with Crippen LogP contribution in [-0.2, 0) is 11.3 Å². The molecule has 0 unspecified atom stereocenters. The summed E-state index contributed by atoms with van der Waals surface area (Å²) < 4.78 is 0. The second kappa shape index (κ2) is 8.97. The lowest BCUT2D eigenvalue weighted by atomic mass is 10.2. The molecule has 0 bridgehead atoms. The van der Waals surface area contributed by atoms with Crippen LogP contribution < -0.4 is 21.7 Å². The van der Waals surface area contributed by atoms with Gasteiger partial charge in [-0.3, -0.25) is 4.79 Å². The highest BCUT2D eigenvalue weighted by atomic mass is 16.2. The van der Waals surface area contributed by atoms with E-state index in [0.717, 1.165) is 5.56 Å². The molecule has 0 spiro atoms. The Morgan fingerprint density at radius 3 is 2.67 bits per heavy atom. The topological polar surface area (TPSA) is 96.2 Å². The normalized spacial score (nSPS) is 10.3. The minimum absolute atomic E-state index is 0.0610. The van der Waals surface area contributed by atoms with E-state index < -0.39 is 0 Å². The molecule has 0 fully saturated rings. The lowest BCUT2D eigenvalue weighted by Gasteiger charge is -2.10. The Labute approximate surface area is 125 Å². The van der Waals surface area contributed by atoms with Crippen LogP contribution in [0.4, 0.5) is 10.5 Å². The minimum atomic E-state index is -0.333. The van der Waals surface area contributed by atoms with Crippen molar-refractivity contribution in [2.45, 2.75) is 26.8 Å². The van der Waals surface area contributed by atoms with Gasteiger partial charge in [-0.15, -0.1) is 0 Å². The summed E-state index contributed by atoms with van der Waals surface area (Å²) in [4.78, 5) is 23.1. The Bertz CT molecular complexity index is 474. The van der Waals surface area contributed by atoms with E-state index in [0.29, 0.717) is 31.2 Å². The second-order valence-electron chi connectivity index (χ2n) is 5.23. The molecular formula is C15H24N4O2. The number of hydrogen-bond donors (Lipinski definition) is 4. The Kier molecular flexibility index (Phi) is 7.25. The maximum atomic E-state index is 11.7. The number of urea groups is 1. The molecule has 0 saturated carbocycles. The van der Waals surface area contributed by atoms with Crippen LogP contribution in [0.25, 0.3) is 0 Å². The smallest absolute Gasteiger partial charge is 0.319 e. The van der Waals surface area contributed by atoms with Gasteiger partial charge in [0.2, 0.25) is 5.91 Å². The number of hydrogen-bond acceptors (Lipinski definition) is 3. The maximum absolute atomic E-state index is 11.7. The predicted molar refractivity (Wildman–Crippen MR) is 83.8 cm³/mol. The zero-order valence-electron chi connectivity index (χ0n) is 12.6. The molecule has 0 aliphatic rings. The first kappa shape index (κ1) is 17.0. The number of carbonyl (C=O) groups excluding carboxylic acids is 2. The van der Waals surface area contributed by atoms with Crippen molar-refractivity contribution < 1.29 is 9.59 Å². The van der Waals surface area contributed by atoms with Crippen molar-refractivity contribution in [1.82, 2.24) is 10.6 Å². The molecule has 0 aliphatic carbocycles. The van der Waals surface area contributed by atoms with Gasteiger partial charge < -0.3 is 21.7 Å². The highest BCUT2D eigenvalue weighted by molar-refractivity contribution is 5.89. The first-order valence-corrected chi connectivity index (χ1v) is 7.12. The number of benzene rings is 1. The molecule has 0 aromatic heterocycles. The molecule has 21 heavy (non-hydrogen) atoms. The summed E-state index contributed by atoms with van der Waals surface area (Å²) in [5, 5.41) is 8.14. The fraction of sp³-hybridized carbons (Fsp3) is 0.467. The van der Waals surface area contributed by atoms with Gasteiger partial charge in [0.25, 0.3) is 0 Å². The van der Waals surface area contributed by atoms with Crippen molar-refractivity contribution >= 4 is 17.6 Å². The molecule has 5 N–H and O–H groups in total. The summed E-state index contributed by atoms with van der Waals surface area (Å²) >= 11 is 0. The molecular weight excluding hydrogens is 268 g/mol. The number of nitrogens with one attached hydrogen (secondary N) is 3. The predicted octanol–water partition coefficient (Wildman–Crippen LogP) is 1.43. The highest BCUT2D eigenvalue weighted by Crippen LogP contribution is 2.09. The van der Waals surface area contributed by atoms with E-state index in [1.807, 2.05) is 32.0 Å². The molecule has 0 aliphatic heterocycles. The van der Waals surface area contributed by atoms with E-state index in [2.05, 4.69) is 16.0 Å². The Morgan fingerprint density at radius 2 is 2.00 bits per heavy atom. The molecule has 0 radical (unpaired) electrons. The van der Waals surface area contributed by atoms with Crippen molar-refractivity contribution in [2.75, 3.05) is 18.4 Å². The third kappa shape index (κ3) is 7.31. The lowest BCUT2D eigenvalue weighted by Crippen LogP contribution is -2.34. The molecule has 0 heterocycles. The molecule has 1 aromatic rings. The molecule has 3 amide bonds. The monoisotopic (exact) mass is 292 g/mol. The van der Waals surface area contributed by atoms with Gasteiger partial charge in [0, 0.05) is 31.7 Å². The van der Waals surface area contributed by atoms with Crippen LogP contribution >= 0.6 is 0 Å². The van der Waals surface area contributed by atoms with Gasteiger partial charge in [-0.1, -0.05) is 26.0 Å². The van der Waals surface area contributed by atoms with Crippen molar-refractivity contribution in [3.63, 3.8) is 0 Å². The zero-order valence-corrected chi connectivity index (χ0v) is 12.6. The average molecular weight is 292 g/mol. The molecule has 6 heteroatoms. The summed E-state index contributed by atoms with van der Waals surface area (Å²) in [6.07, 6.45) is 0.267. The number of rotatable bonds is 7. The summed E-state index contributed by atoms with van der Waals surface area (Å²) in [5.41, 5.74) is 7.17. The van der Waals surface area contributed by atoms with Crippen LogP contribution in [0.15, 0.2) is 24.3 Å². The molecule has 6 nitrogen and oxygen atoms in total. The van der Waals surface area contributed by atoms with Crippen LogP contribution in [0.1, 0.15) is 25.8 Å². The van der Waals surface area contributed by atoms with E-state index in [1.165, 1.54) is 0 Å². The van der Waals surface area contributed by atoms with Gasteiger partial charge in [-0.2, -0.15) is 0 Å². The fourth-order valence-electron chi connectivity index (χ4n) is 1.65. The van der Waals surface area contributed by atoms with Crippen molar-refractivity contribution in [3.05, 3.63) is 29.8 Å². The van der Waals surface area contributed by atoms with Gasteiger partial charge in [0.05, 0.1) is 0 Å². The Morgan fingerprint density at radius 1 is 1.24 bits per heavy atom. The zero-order chi connectivity index (χ0) is 15.7. The average Bonchev–Trinajstić information content (AvgIpc) is 2.45. The fourth-order valence-corrected chi connectivity index (χ4v) is 1.65. The standard InChI is InChI=1S/C15H24N4O2/c1-11(2)10-18-14(20)6-7-17-15(21)19-13-5-3-4-12(8-13)9-16/h3-5,8,11H,6-7,9-10,16H2,1-2H3,(H,18,20)(H2,17,19,21). The summed E-state index contributed by atoms with van der Waals surface area (Å²) in [6, 6.07) is 6.99. The van der Waals surface area contributed by atoms with Crippen molar-refractivity contribution in [3.8, 4) is 0 Å². The van der Waals surface area contributed by atoms with Crippen LogP contribution in [-0.4, -0.2) is 25.0 Å². The first-order chi connectivity index (χ1) is 10.0. The molecule has 1 rings (SSSR count). The third-order valence-electron chi connectivity index (χ3n) is 2.77. The van der Waals surface area contributed by atoms with Gasteiger partial charge in [0.15, 0.2) is 0 Å². The largest absolute Gasteiger partial charge is 0.356 e. The first-order valence-electron chi connectivity index (χ1n) is 7.12. The summed E-state index contributed by atoms with van der Waals surface area (Å²) in [7, 11) is 0. The summed E-state index contributed by atoms with van der Waals surface area (Å²) in [5.74, 6) is 0.356. The maximum Gasteiger partial charge on any atom is 0.319 e. The van der Waals surface area contributed by atoms with E-state index in [9.17, 15) is 9.59 Å². The minimum Gasteiger partial charge on any atom is -0.356 e.